The van der Waals surface area contributed by atoms with E-state index in [1.807, 2.05) is 0 Å². The third-order valence-corrected chi connectivity index (χ3v) is 2.08. The minimum Gasteiger partial charge on any atom is -0.365 e. The van der Waals surface area contributed by atoms with Crippen molar-refractivity contribution in [2.75, 3.05) is 0 Å². The van der Waals surface area contributed by atoms with Crippen molar-refractivity contribution in [2.24, 2.45) is 4.99 Å². The first-order chi connectivity index (χ1) is 6.74. The van der Waals surface area contributed by atoms with Crippen LogP contribution in [0.15, 0.2) is 29.3 Å². The Bertz CT molecular complexity index is 437. The number of hydrogen-bond donors (Lipinski definition) is 1. The number of nitrogens with zero attached hydrogens (tertiary/aromatic N) is 1. The van der Waals surface area contributed by atoms with Crippen LogP contribution in [0.4, 0.5) is 0 Å². The third kappa shape index (κ3) is 1.16. The number of benzene rings is 1. The summed E-state index contributed by atoms with van der Waals surface area (Å²) in [7, 11) is 0. The van der Waals surface area contributed by atoms with Crippen LogP contribution in [-0.2, 0) is 4.79 Å². The Morgan fingerprint density at radius 3 is 2.57 bits per heavy atom. The minimum absolute atomic E-state index is 0.118. The van der Waals surface area contributed by atoms with Gasteiger partial charge in [0.05, 0.1) is 0 Å². The number of carbonyl (C=O) groups is 2. The van der Waals surface area contributed by atoms with Crippen molar-refractivity contribution < 1.29 is 14.7 Å². The molecule has 0 bridgehead atoms. The monoisotopic (exact) mass is 189 g/mol. The molecule has 0 aromatic heterocycles. The van der Waals surface area contributed by atoms with E-state index in [4.69, 9.17) is 0 Å². The quantitative estimate of drug-likeness (QED) is 0.641. The van der Waals surface area contributed by atoms with E-state index in [0.717, 1.165) is 0 Å². The molecule has 1 aliphatic rings. The van der Waals surface area contributed by atoms with Crippen LogP contribution < -0.4 is 0 Å². The smallest absolute Gasteiger partial charge is 0.214 e. The number of ketones is 1. The molecule has 1 aromatic carbocycles. The first-order valence-electron chi connectivity index (χ1n) is 4.08. The standard InChI is InChI=1S/C10H7NO3/c12-5-8-6-3-1-2-4-7(6)9(13)10(14)11-8/h1-5,10,14H. The Morgan fingerprint density at radius 2 is 1.93 bits per heavy atom. The molecule has 0 fully saturated rings. The zero-order valence-corrected chi connectivity index (χ0v) is 7.18. The summed E-state index contributed by atoms with van der Waals surface area (Å²) < 4.78 is 0. The summed E-state index contributed by atoms with van der Waals surface area (Å²) in [5.41, 5.74) is 0.947. The number of Topliss-reactive ketones (excluding diaryl/α,β-unsaturated/α-hetero) is 1. The van der Waals surface area contributed by atoms with E-state index < -0.39 is 12.0 Å². The number of aldehydes is 1. The molecule has 1 aromatic rings. The molecule has 0 aliphatic carbocycles. The summed E-state index contributed by atoms with van der Waals surface area (Å²) in [6.45, 7) is 0. The second kappa shape index (κ2) is 3.16. The van der Waals surface area contributed by atoms with Gasteiger partial charge in [0.25, 0.3) is 0 Å². The maximum absolute atomic E-state index is 11.4. The second-order valence-electron chi connectivity index (χ2n) is 2.92. The van der Waals surface area contributed by atoms with Gasteiger partial charge < -0.3 is 5.11 Å². The average molecular weight is 189 g/mol. The predicted octanol–water partition coefficient (Wildman–Crippen LogP) is 0.189. The van der Waals surface area contributed by atoms with E-state index in [2.05, 4.69) is 4.99 Å². The van der Waals surface area contributed by atoms with Crippen molar-refractivity contribution in [1.29, 1.82) is 0 Å². The number of fused-ring (bicyclic) bond motifs is 1. The van der Waals surface area contributed by atoms with Crippen LogP contribution in [0.2, 0.25) is 0 Å². The second-order valence-corrected chi connectivity index (χ2v) is 2.92. The molecule has 1 atom stereocenters. The van der Waals surface area contributed by atoms with E-state index in [1.165, 1.54) is 0 Å². The maximum Gasteiger partial charge on any atom is 0.214 e. The van der Waals surface area contributed by atoms with E-state index >= 15 is 0 Å². The fraction of sp³-hybridized carbons (Fsp3) is 0.100. The Morgan fingerprint density at radius 1 is 1.29 bits per heavy atom. The molecule has 0 radical (unpaired) electrons. The number of aliphatic hydroxyl groups is 1. The van der Waals surface area contributed by atoms with Gasteiger partial charge in [-0.3, -0.25) is 9.59 Å². The minimum atomic E-state index is -1.44. The van der Waals surface area contributed by atoms with Gasteiger partial charge in [-0.15, -0.1) is 0 Å². The first-order valence-corrected chi connectivity index (χ1v) is 4.08. The van der Waals surface area contributed by atoms with Crippen LogP contribution in [0, 0.1) is 0 Å². The molecule has 0 spiro atoms. The van der Waals surface area contributed by atoms with Crippen molar-refractivity contribution in [3.63, 3.8) is 0 Å². The number of aliphatic imine (C=N–C) groups is 1. The third-order valence-electron chi connectivity index (χ3n) is 2.08. The summed E-state index contributed by atoms with van der Waals surface area (Å²) in [5, 5.41) is 9.23. The number of hydrogen-bond acceptors (Lipinski definition) is 4. The lowest BCUT2D eigenvalue weighted by molar-refractivity contribution is -0.102. The Hall–Kier alpha value is -1.81. The molecule has 70 valence electrons. The van der Waals surface area contributed by atoms with Gasteiger partial charge in [0, 0.05) is 11.1 Å². The highest BCUT2D eigenvalue weighted by Crippen LogP contribution is 2.17. The molecule has 1 N–H and O–H groups in total. The molecule has 1 aliphatic heterocycles. The molecule has 2 rings (SSSR count). The largest absolute Gasteiger partial charge is 0.365 e. The summed E-state index contributed by atoms with van der Waals surface area (Å²) in [6, 6.07) is 6.59. The molecule has 4 nitrogen and oxygen atoms in total. The number of carbonyl (C=O) groups excluding carboxylic acids is 2. The molecule has 1 unspecified atom stereocenters. The van der Waals surface area contributed by atoms with Crippen LogP contribution in [0.1, 0.15) is 15.9 Å². The lowest BCUT2D eigenvalue weighted by Crippen LogP contribution is -2.28. The molecular weight excluding hydrogens is 182 g/mol. The molecule has 4 heteroatoms. The van der Waals surface area contributed by atoms with Crippen LogP contribution in [0.5, 0.6) is 0 Å². The Labute approximate surface area is 79.9 Å². The SMILES string of the molecule is O=CC1=NC(O)C(=O)c2ccccc21. The molecule has 1 heterocycles. The predicted molar refractivity (Wildman–Crippen MR) is 49.4 cm³/mol. The zero-order valence-electron chi connectivity index (χ0n) is 7.18. The molecule has 0 amide bonds. The number of aliphatic hydroxyl groups excluding tert-OH is 1. The fourth-order valence-electron chi connectivity index (χ4n) is 1.41. The van der Waals surface area contributed by atoms with E-state index in [0.29, 0.717) is 17.4 Å². The van der Waals surface area contributed by atoms with Gasteiger partial charge in [0.1, 0.15) is 5.71 Å². The normalized spacial score (nSPS) is 19.9. The van der Waals surface area contributed by atoms with Gasteiger partial charge in [0.2, 0.25) is 12.0 Å². The van der Waals surface area contributed by atoms with Crippen LogP contribution in [-0.4, -0.2) is 29.1 Å². The molecule has 0 saturated carbocycles. The lowest BCUT2D eigenvalue weighted by Gasteiger charge is -2.15. The topological polar surface area (TPSA) is 66.7 Å². The molecule has 0 saturated heterocycles. The first kappa shape index (κ1) is 8.77. The summed E-state index contributed by atoms with van der Waals surface area (Å²) in [4.78, 5) is 25.6. The highest BCUT2D eigenvalue weighted by atomic mass is 16.3. The number of rotatable bonds is 1. The van der Waals surface area contributed by atoms with Crippen molar-refractivity contribution >= 4 is 17.8 Å². The van der Waals surface area contributed by atoms with Crippen LogP contribution in [0.25, 0.3) is 0 Å². The average Bonchev–Trinajstić information content (AvgIpc) is 2.23. The van der Waals surface area contributed by atoms with Crippen LogP contribution in [0.3, 0.4) is 0 Å². The highest BCUT2D eigenvalue weighted by molar-refractivity contribution is 6.39. The fourth-order valence-corrected chi connectivity index (χ4v) is 1.41. The van der Waals surface area contributed by atoms with Gasteiger partial charge in [-0.25, -0.2) is 4.99 Å². The van der Waals surface area contributed by atoms with E-state index in [-0.39, 0.29) is 5.71 Å². The summed E-state index contributed by atoms with van der Waals surface area (Å²) in [5.74, 6) is -0.466. The van der Waals surface area contributed by atoms with Crippen LogP contribution >= 0.6 is 0 Å². The van der Waals surface area contributed by atoms with E-state index in [1.54, 1.807) is 24.3 Å². The molecular formula is C10H7NO3. The lowest BCUT2D eigenvalue weighted by atomic mass is 9.96. The van der Waals surface area contributed by atoms with Gasteiger partial charge in [-0.05, 0) is 0 Å². The van der Waals surface area contributed by atoms with Crippen molar-refractivity contribution in [1.82, 2.24) is 0 Å². The van der Waals surface area contributed by atoms with Crippen molar-refractivity contribution in [2.45, 2.75) is 6.23 Å². The highest BCUT2D eigenvalue weighted by Gasteiger charge is 2.26. The van der Waals surface area contributed by atoms with Crippen molar-refractivity contribution in [3.8, 4) is 0 Å². The van der Waals surface area contributed by atoms with Gasteiger partial charge in [-0.1, -0.05) is 24.3 Å². The summed E-state index contributed by atoms with van der Waals surface area (Å²) in [6.07, 6.45) is -0.904. The Kier molecular flexibility index (Phi) is 1.98. The Balaban J connectivity index is 2.66. The molecule has 14 heavy (non-hydrogen) atoms. The van der Waals surface area contributed by atoms with Gasteiger partial charge in [-0.2, -0.15) is 0 Å². The van der Waals surface area contributed by atoms with Crippen molar-refractivity contribution in [3.05, 3.63) is 35.4 Å². The summed E-state index contributed by atoms with van der Waals surface area (Å²) >= 11 is 0. The van der Waals surface area contributed by atoms with Gasteiger partial charge in [0.15, 0.2) is 6.29 Å². The maximum atomic E-state index is 11.4. The van der Waals surface area contributed by atoms with Gasteiger partial charge >= 0.3 is 0 Å². The zero-order chi connectivity index (χ0) is 10.1. The van der Waals surface area contributed by atoms with E-state index in [9.17, 15) is 14.7 Å².